The Morgan fingerprint density at radius 2 is 1.52 bits per heavy atom. The van der Waals surface area contributed by atoms with Gasteiger partial charge in [-0.25, -0.2) is 8.42 Å². The number of hydrogen-bond acceptors (Lipinski definition) is 5. The molecule has 0 saturated heterocycles. The highest BCUT2D eigenvalue weighted by Gasteiger charge is 2.13. The van der Waals surface area contributed by atoms with Gasteiger partial charge in [-0.1, -0.05) is 23.7 Å². The van der Waals surface area contributed by atoms with Crippen LogP contribution in [0.4, 0.5) is 11.4 Å². The van der Waals surface area contributed by atoms with Crippen LogP contribution < -0.4 is 10.1 Å². The lowest BCUT2D eigenvalue weighted by Crippen LogP contribution is -2.12. The highest BCUT2D eigenvalue weighted by atomic mass is 35.5. The first-order valence-electron chi connectivity index (χ1n) is 7.89. The van der Waals surface area contributed by atoms with E-state index in [9.17, 15) is 13.5 Å². The molecule has 3 aromatic rings. The zero-order valence-corrected chi connectivity index (χ0v) is 15.6. The zero-order valence-electron chi connectivity index (χ0n) is 14.0. The van der Waals surface area contributed by atoms with Crippen molar-refractivity contribution < 1.29 is 13.5 Å². The molecule has 0 heterocycles. The van der Waals surface area contributed by atoms with Gasteiger partial charge in [-0.3, -0.25) is 10.1 Å². The summed E-state index contributed by atoms with van der Waals surface area (Å²) in [5, 5.41) is 14.2. The molecule has 0 amide bonds. The third-order valence-electron chi connectivity index (χ3n) is 3.60. The Morgan fingerprint density at radius 3 is 2.19 bits per heavy atom. The van der Waals surface area contributed by atoms with Crippen molar-refractivity contribution in [1.82, 2.24) is 0 Å². The second kappa shape index (κ2) is 8.11. The predicted octanol–water partition coefficient (Wildman–Crippen LogP) is 4.29. The second-order valence-electron chi connectivity index (χ2n) is 5.57. The third-order valence-corrected chi connectivity index (χ3v) is 5.24. The smallest absolute Gasteiger partial charge is 0.261 e. The molecule has 0 aliphatic carbocycles. The first-order valence-corrected chi connectivity index (χ1v) is 9.76. The molecule has 0 bridgehead atoms. The van der Waals surface area contributed by atoms with E-state index in [1.54, 1.807) is 48.5 Å². The van der Waals surface area contributed by atoms with Crippen LogP contribution in [-0.4, -0.2) is 19.7 Å². The standard InChI is InChI=1S/C19H16ClN3O3S/c20-15-5-11-18(12-6-15)27(25,26)23-17-9-7-16(8-10-17)22-21-13-14-3-1-2-4-19(14)24/h1-13,22-24H/b21-13+. The van der Waals surface area contributed by atoms with E-state index >= 15 is 0 Å². The van der Waals surface area contributed by atoms with Crippen LogP contribution in [0.15, 0.2) is 82.8 Å². The van der Waals surface area contributed by atoms with Gasteiger partial charge in [0.25, 0.3) is 10.0 Å². The van der Waals surface area contributed by atoms with Gasteiger partial charge in [0.15, 0.2) is 0 Å². The number of halogens is 1. The highest BCUT2D eigenvalue weighted by Crippen LogP contribution is 2.20. The number of rotatable bonds is 6. The number of phenols is 1. The van der Waals surface area contributed by atoms with Crippen molar-refractivity contribution in [1.29, 1.82) is 0 Å². The molecule has 0 saturated carbocycles. The van der Waals surface area contributed by atoms with Gasteiger partial charge in [0.1, 0.15) is 5.75 Å². The van der Waals surface area contributed by atoms with Gasteiger partial charge in [0, 0.05) is 16.3 Å². The lowest BCUT2D eigenvalue weighted by molar-refractivity contribution is 0.474. The van der Waals surface area contributed by atoms with Crippen LogP contribution in [0, 0.1) is 0 Å². The number of nitrogens with zero attached hydrogens (tertiary/aromatic N) is 1. The normalized spacial score (nSPS) is 11.4. The van der Waals surface area contributed by atoms with Gasteiger partial charge >= 0.3 is 0 Å². The van der Waals surface area contributed by atoms with Crippen molar-refractivity contribution in [2.75, 3.05) is 10.1 Å². The van der Waals surface area contributed by atoms with E-state index in [2.05, 4.69) is 15.2 Å². The Hall–Kier alpha value is -3.03. The minimum Gasteiger partial charge on any atom is -0.507 e. The number of phenolic OH excluding ortho intramolecular Hbond substituents is 1. The lowest BCUT2D eigenvalue weighted by atomic mass is 10.2. The van der Waals surface area contributed by atoms with E-state index < -0.39 is 10.0 Å². The van der Waals surface area contributed by atoms with Crippen LogP contribution in [0.2, 0.25) is 5.02 Å². The summed E-state index contributed by atoms with van der Waals surface area (Å²) in [6.45, 7) is 0. The molecule has 0 unspecified atom stereocenters. The van der Waals surface area contributed by atoms with Gasteiger partial charge < -0.3 is 5.11 Å². The molecule has 0 atom stereocenters. The molecule has 0 spiro atoms. The number of hydrogen-bond donors (Lipinski definition) is 3. The second-order valence-corrected chi connectivity index (χ2v) is 7.68. The summed E-state index contributed by atoms with van der Waals surface area (Å²) in [5.41, 5.74) is 4.48. The quantitative estimate of drug-likeness (QED) is 0.424. The van der Waals surface area contributed by atoms with Crippen molar-refractivity contribution in [3.63, 3.8) is 0 Å². The number of aromatic hydroxyl groups is 1. The van der Waals surface area contributed by atoms with Crippen LogP contribution >= 0.6 is 11.6 Å². The van der Waals surface area contributed by atoms with Crippen molar-refractivity contribution >= 4 is 39.2 Å². The van der Waals surface area contributed by atoms with Crippen LogP contribution in [0.25, 0.3) is 0 Å². The highest BCUT2D eigenvalue weighted by molar-refractivity contribution is 7.92. The van der Waals surface area contributed by atoms with Gasteiger partial charge in [-0.05, 0) is 60.7 Å². The maximum atomic E-state index is 12.3. The van der Waals surface area contributed by atoms with Crippen LogP contribution in [-0.2, 0) is 10.0 Å². The van der Waals surface area contributed by atoms with Gasteiger partial charge in [-0.15, -0.1) is 0 Å². The van der Waals surface area contributed by atoms with Crippen molar-refractivity contribution in [3.05, 3.63) is 83.4 Å². The fourth-order valence-electron chi connectivity index (χ4n) is 2.21. The van der Waals surface area contributed by atoms with Crippen molar-refractivity contribution in [3.8, 4) is 5.75 Å². The Balaban J connectivity index is 1.65. The van der Waals surface area contributed by atoms with E-state index in [-0.39, 0.29) is 10.6 Å². The molecule has 6 nitrogen and oxygen atoms in total. The van der Waals surface area contributed by atoms with E-state index in [0.29, 0.717) is 22.0 Å². The average Bonchev–Trinajstić information content (AvgIpc) is 2.65. The SMILES string of the molecule is O=S(=O)(Nc1ccc(N/N=C/c2ccccc2O)cc1)c1ccc(Cl)cc1. The minimum atomic E-state index is -3.69. The van der Waals surface area contributed by atoms with E-state index in [1.165, 1.54) is 30.5 Å². The van der Waals surface area contributed by atoms with Gasteiger partial charge in [0.05, 0.1) is 16.8 Å². The molecule has 0 aliphatic rings. The summed E-state index contributed by atoms with van der Waals surface area (Å²) in [7, 11) is -3.69. The molecular weight excluding hydrogens is 386 g/mol. The lowest BCUT2D eigenvalue weighted by Gasteiger charge is -2.09. The molecule has 0 aromatic heterocycles. The number of benzene rings is 3. The van der Waals surface area contributed by atoms with Crippen molar-refractivity contribution in [2.24, 2.45) is 5.10 Å². The summed E-state index contributed by atoms with van der Waals surface area (Å²) in [6, 6.07) is 19.3. The first-order chi connectivity index (χ1) is 12.9. The Morgan fingerprint density at radius 1 is 0.889 bits per heavy atom. The fourth-order valence-corrected chi connectivity index (χ4v) is 3.40. The van der Waals surface area contributed by atoms with Gasteiger partial charge in [0.2, 0.25) is 0 Å². The average molecular weight is 402 g/mol. The molecule has 0 radical (unpaired) electrons. The van der Waals surface area contributed by atoms with Crippen LogP contribution in [0.1, 0.15) is 5.56 Å². The molecule has 27 heavy (non-hydrogen) atoms. The summed E-state index contributed by atoms with van der Waals surface area (Å²) in [6.07, 6.45) is 1.49. The summed E-state index contributed by atoms with van der Waals surface area (Å²) < 4.78 is 27.2. The summed E-state index contributed by atoms with van der Waals surface area (Å²) in [5.74, 6) is 0.134. The summed E-state index contributed by atoms with van der Waals surface area (Å²) >= 11 is 5.78. The zero-order chi connectivity index (χ0) is 19.3. The molecular formula is C19H16ClN3O3S. The maximum absolute atomic E-state index is 12.3. The molecule has 0 aliphatic heterocycles. The number of anilines is 2. The number of sulfonamides is 1. The maximum Gasteiger partial charge on any atom is 0.261 e. The molecule has 138 valence electrons. The summed E-state index contributed by atoms with van der Waals surface area (Å²) in [4.78, 5) is 0.126. The topological polar surface area (TPSA) is 90.8 Å². The van der Waals surface area contributed by atoms with E-state index in [4.69, 9.17) is 11.6 Å². The first kappa shape index (κ1) is 18.8. The van der Waals surface area contributed by atoms with Crippen LogP contribution in [0.3, 0.4) is 0 Å². The van der Waals surface area contributed by atoms with Gasteiger partial charge in [-0.2, -0.15) is 5.10 Å². The number of nitrogens with one attached hydrogen (secondary N) is 2. The fraction of sp³-hybridized carbons (Fsp3) is 0. The number of para-hydroxylation sites is 1. The Bertz CT molecular complexity index is 1050. The molecule has 8 heteroatoms. The van der Waals surface area contributed by atoms with E-state index in [1.807, 2.05) is 0 Å². The minimum absolute atomic E-state index is 0.126. The molecule has 3 rings (SSSR count). The number of hydrazone groups is 1. The Kier molecular flexibility index (Phi) is 5.63. The predicted molar refractivity (Wildman–Crippen MR) is 108 cm³/mol. The third kappa shape index (κ3) is 4.99. The van der Waals surface area contributed by atoms with E-state index in [0.717, 1.165) is 0 Å². The van der Waals surface area contributed by atoms with Crippen molar-refractivity contribution in [2.45, 2.75) is 4.90 Å². The monoisotopic (exact) mass is 401 g/mol. The molecule has 3 aromatic carbocycles. The van der Waals surface area contributed by atoms with Crippen LogP contribution in [0.5, 0.6) is 5.75 Å². The molecule has 0 fully saturated rings. The largest absolute Gasteiger partial charge is 0.507 e. The molecule has 3 N–H and O–H groups in total. The Labute approximate surface area is 162 Å².